The minimum Gasteiger partial charge on any atom is -0.466 e. The summed E-state index contributed by atoms with van der Waals surface area (Å²) >= 11 is 0. The van der Waals surface area contributed by atoms with Crippen LogP contribution in [-0.4, -0.2) is 71.9 Å². The molecule has 12 nitrogen and oxygen atoms in total. The quantitative estimate of drug-likeness (QED) is 0.275. The molecule has 2 N–H and O–H groups in total. The molecular formula is C30H36N6O6. The number of rotatable bonds is 8. The SMILES string of the molecule is COC(=O)C1=C(C)NC(C)=C(C(=O)NC(C(=O)N2CCN(c3ccccn3)CC2)C(C)C)C1c1cccc([N+](=O)[O-])c1. The maximum Gasteiger partial charge on any atom is 0.336 e. The van der Waals surface area contributed by atoms with Crippen molar-refractivity contribution in [2.45, 2.75) is 39.7 Å². The van der Waals surface area contributed by atoms with Crippen LogP contribution >= 0.6 is 0 Å². The summed E-state index contributed by atoms with van der Waals surface area (Å²) < 4.78 is 5.04. The van der Waals surface area contributed by atoms with E-state index in [1.165, 1.54) is 25.3 Å². The number of nitro groups is 1. The van der Waals surface area contributed by atoms with Crippen molar-refractivity contribution in [1.82, 2.24) is 20.5 Å². The van der Waals surface area contributed by atoms with Gasteiger partial charge in [0.1, 0.15) is 11.9 Å². The summed E-state index contributed by atoms with van der Waals surface area (Å²) in [7, 11) is 1.24. The van der Waals surface area contributed by atoms with E-state index in [-0.39, 0.29) is 28.7 Å². The highest BCUT2D eigenvalue weighted by atomic mass is 16.6. The lowest BCUT2D eigenvalue weighted by Gasteiger charge is -2.38. The molecule has 4 rings (SSSR count). The molecule has 0 radical (unpaired) electrons. The molecule has 222 valence electrons. The molecule has 2 aliphatic rings. The van der Waals surface area contributed by atoms with Gasteiger partial charge in [0.15, 0.2) is 0 Å². The number of anilines is 1. The van der Waals surface area contributed by atoms with Crippen LogP contribution in [0.4, 0.5) is 11.5 Å². The molecule has 1 aromatic heterocycles. The molecule has 2 aromatic rings. The number of dihydropyridines is 1. The standard InChI is InChI=1S/C30H36N6O6/c1-18(2)27(29(38)35-15-13-34(14-16-35)23-11-6-7-12-31-23)33-28(37)24-19(3)32-20(4)25(30(39)42-5)26(24)21-9-8-10-22(17-21)36(40)41/h6-12,17-18,26-27,32H,13-16H2,1-5H3,(H,33,37). The van der Waals surface area contributed by atoms with E-state index >= 15 is 0 Å². The van der Waals surface area contributed by atoms with Crippen LogP contribution in [0.15, 0.2) is 71.2 Å². The van der Waals surface area contributed by atoms with Gasteiger partial charge in [0.25, 0.3) is 11.6 Å². The van der Waals surface area contributed by atoms with Crippen LogP contribution in [0.3, 0.4) is 0 Å². The van der Waals surface area contributed by atoms with Crippen LogP contribution in [0.25, 0.3) is 0 Å². The number of non-ortho nitro benzene ring substituents is 1. The monoisotopic (exact) mass is 576 g/mol. The van der Waals surface area contributed by atoms with Gasteiger partial charge in [-0.2, -0.15) is 0 Å². The molecule has 0 bridgehead atoms. The lowest BCUT2D eigenvalue weighted by atomic mass is 9.79. The number of amides is 2. The Balaban J connectivity index is 1.61. The Hall–Kier alpha value is -4.74. The van der Waals surface area contributed by atoms with Crippen LogP contribution < -0.4 is 15.5 Å². The number of pyridine rings is 1. The number of carbonyl (C=O) groups is 3. The first-order valence-corrected chi connectivity index (χ1v) is 13.8. The van der Waals surface area contributed by atoms with E-state index in [1.807, 2.05) is 32.0 Å². The average Bonchev–Trinajstić information content (AvgIpc) is 2.99. The maximum atomic E-state index is 14.0. The van der Waals surface area contributed by atoms with Crippen molar-refractivity contribution in [3.8, 4) is 0 Å². The van der Waals surface area contributed by atoms with Gasteiger partial charge in [-0.25, -0.2) is 9.78 Å². The summed E-state index contributed by atoms with van der Waals surface area (Å²) in [5, 5.41) is 17.6. The fraction of sp³-hybridized carbons (Fsp3) is 0.400. The van der Waals surface area contributed by atoms with Gasteiger partial charge in [-0.1, -0.05) is 32.0 Å². The van der Waals surface area contributed by atoms with Crippen LogP contribution in [0.1, 0.15) is 39.2 Å². The molecule has 42 heavy (non-hydrogen) atoms. The van der Waals surface area contributed by atoms with Crippen molar-refractivity contribution in [3.05, 3.63) is 86.9 Å². The highest BCUT2D eigenvalue weighted by molar-refractivity contribution is 6.03. The van der Waals surface area contributed by atoms with Gasteiger partial charge in [0.05, 0.1) is 23.5 Å². The van der Waals surface area contributed by atoms with Crippen molar-refractivity contribution in [2.24, 2.45) is 5.92 Å². The third-order valence-electron chi connectivity index (χ3n) is 7.61. The van der Waals surface area contributed by atoms with Crippen molar-refractivity contribution in [3.63, 3.8) is 0 Å². The largest absolute Gasteiger partial charge is 0.466 e. The number of piperazine rings is 1. The number of hydrogen-bond acceptors (Lipinski definition) is 9. The second-order valence-corrected chi connectivity index (χ2v) is 10.7. The highest BCUT2D eigenvalue weighted by Gasteiger charge is 2.39. The summed E-state index contributed by atoms with van der Waals surface area (Å²) in [6.45, 7) is 9.25. The zero-order valence-electron chi connectivity index (χ0n) is 24.4. The molecule has 1 aromatic carbocycles. The number of methoxy groups -OCH3 is 1. The van der Waals surface area contributed by atoms with Crippen molar-refractivity contribution in [2.75, 3.05) is 38.2 Å². The molecule has 2 aliphatic heterocycles. The van der Waals surface area contributed by atoms with E-state index in [2.05, 4.69) is 20.5 Å². The molecule has 2 unspecified atom stereocenters. The number of benzene rings is 1. The number of allylic oxidation sites excluding steroid dienone is 2. The van der Waals surface area contributed by atoms with E-state index in [9.17, 15) is 24.5 Å². The first kappa shape index (κ1) is 30.2. The number of nitro benzene ring substituents is 1. The smallest absolute Gasteiger partial charge is 0.336 e. The van der Waals surface area contributed by atoms with Crippen LogP contribution in [0.5, 0.6) is 0 Å². The minimum atomic E-state index is -0.955. The zero-order valence-corrected chi connectivity index (χ0v) is 24.4. The lowest BCUT2D eigenvalue weighted by Crippen LogP contribution is -2.57. The van der Waals surface area contributed by atoms with Gasteiger partial charge >= 0.3 is 5.97 Å². The first-order chi connectivity index (χ1) is 20.0. The van der Waals surface area contributed by atoms with Crippen LogP contribution in [0, 0.1) is 16.0 Å². The Bertz CT molecular complexity index is 1430. The maximum absolute atomic E-state index is 14.0. The number of aromatic nitrogens is 1. The summed E-state index contributed by atoms with van der Waals surface area (Å²) in [5.74, 6) is -1.76. The van der Waals surface area contributed by atoms with Crippen molar-refractivity contribution < 1.29 is 24.0 Å². The fourth-order valence-electron chi connectivity index (χ4n) is 5.45. The molecule has 0 aliphatic carbocycles. The van der Waals surface area contributed by atoms with E-state index < -0.39 is 28.8 Å². The van der Waals surface area contributed by atoms with Gasteiger partial charge < -0.3 is 25.2 Å². The predicted molar refractivity (Wildman–Crippen MR) is 156 cm³/mol. The number of ether oxygens (including phenoxy) is 1. The number of hydrogen-bond donors (Lipinski definition) is 2. The van der Waals surface area contributed by atoms with Gasteiger partial charge in [0.2, 0.25) is 5.91 Å². The van der Waals surface area contributed by atoms with Crippen LogP contribution in [0.2, 0.25) is 0 Å². The summed E-state index contributed by atoms with van der Waals surface area (Å²) in [5.41, 5.74) is 1.48. The van der Waals surface area contributed by atoms with E-state index in [0.29, 0.717) is 43.1 Å². The Morgan fingerprint density at radius 3 is 2.33 bits per heavy atom. The van der Waals surface area contributed by atoms with E-state index in [0.717, 1.165) is 5.82 Å². The minimum absolute atomic E-state index is 0.159. The number of nitrogens with zero attached hydrogens (tertiary/aromatic N) is 4. The van der Waals surface area contributed by atoms with E-state index in [1.54, 1.807) is 31.0 Å². The molecule has 2 atom stereocenters. The second-order valence-electron chi connectivity index (χ2n) is 10.7. The molecule has 1 saturated heterocycles. The molecule has 0 spiro atoms. The van der Waals surface area contributed by atoms with Gasteiger partial charge in [-0.15, -0.1) is 0 Å². The normalized spacial score (nSPS) is 18.0. The number of esters is 1. The second kappa shape index (κ2) is 12.8. The highest BCUT2D eigenvalue weighted by Crippen LogP contribution is 2.39. The van der Waals surface area contributed by atoms with Crippen molar-refractivity contribution in [1.29, 1.82) is 0 Å². The van der Waals surface area contributed by atoms with Crippen LogP contribution in [-0.2, 0) is 19.1 Å². The van der Waals surface area contributed by atoms with Gasteiger partial charge in [-0.3, -0.25) is 19.7 Å². The summed E-state index contributed by atoms with van der Waals surface area (Å²) in [6.07, 6.45) is 1.73. The fourth-order valence-corrected chi connectivity index (χ4v) is 5.45. The molecule has 1 fully saturated rings. The third kappa shape index (κ3) is 6.27. The Kier molecular flexibility index (Phi) is 9.24. The summed E-state index contributed by atoms with van der Waals surface area (Å²) in [4.78, 5) is 59.9. The Morgan fingerprint density at radius 2 is 1.74 bits per heavy atom. The Labute approximate surface area is 244 Å². The molecule has 2 amide bonds. The molecule has 12 heteroatoms. The van der Waals surface area contributed by atoms with Gasteiger partial charge in [-0.05, 0) is 37.5 Å². The van der Waals surface area contributed by atoms with Crippen molar-refractivity contribution >= 4 is 29.3 Å². The third-order valence-corrected chi connectivity index (χ3v) is 7.61. The first-order valence-electron chi connectivity index (χ1n) is 13.8. The number of nitrogens with one attached hydrogen (secondary N) is 2. The molecular weight excluding hydrogens is 540 g/mol. The summed E-state index contributed by atoms with van der Waals surface area (Å²) in [6, 6.07) is 10.7. The number of carbonyl (C=O) groups excluding carboxylic acids is 3. The zero-order chi connectivity index (χ0) is 30.6. The van der Waals surface area contributed by atoms with Gasteiger partial charge in [0, 0.05) is 61.5 Å². The topological polar surface area (TPSA) is 147 Å². The lowest BCUT2D eigenvalue weighted by molar-refractivity contribution is -0.384. The average molecular weight is 577 g/mol. The molecule has 0 saturated carbocycles. The Morgan fingerprint density at radius 1 is 1.05 bits per heavy atom. The molecule has 3 heterocycles. The predicted octanol–water partition coefficient (Wildman–Crippen LogP) is 2.89. The van der Waals surface area contributed by atoms with E-state index in [4.69, 9.17) is 4.74 Å².